The van der Waals surface area contributed by atoms with Gasteiger partial charge in [0.25, 0.3) is 0 Å². The maximum absolute atomic E-state index is 12.7. The summed E-state index contributed by atoms with van der Waals surface area (Å²) < 4.78 is 5.19. The van der Waals surface area contributed by atoms with Crippen LogP contribution < -0.4 is 4.74 Å². The van der Waals surface area contributed by atoms with Crippen LogP contribution in [0.4, 0.5) is 0 Å². The Kier molecular flexibility index (Phi) is 2.63. The Hall–Kier alpha value is -2.94. The van der Waals surface area contributed by atoms with Crippen molar-refractivity contribution in [3.05, 3.63) is 76.9 Å². The molecule has 0 atom stereocenters. The van der Waals surface area contributed by atoms with E-state index in [0.29, 0.717) is 28.0 Å². The summed E-state index contributed by atoms with van der Waals surface area (Å²) in [5.41, 5.74) is 1.81. The summed E-state index contributed by atoms with van der Waals surface area (Å²) in [5.74, 6) is 0.439. The minimum atomic E-state index is -0.116. The van der Waals surface area contributed by atoms with Crippen LogP contribution in [-0.2, 0) is 0 Å². The first kappa shape index (κ1) is 12.8. The number of carbonyl (C=O) groups is 2. The van der Waals surface area contributed by atoms with Gasteiger partial charge in [0.15, 0.2) is 11.6 Å². The van der Waals surface area contributed by atoms with Gasteiger partial charge in [0.1, 0.15) is 5.75 Å². The molecule has 0 aliphatic heterocycles. The van der Waals surface area contributed by atoms with E-state index < -0.39 is 0 Å². The maximum Gasteiger partial charge on any atom is 0.194 e. The van der Waals surface area contributed by atoms with Gasteiger partial charge in [-0.05, 0) is 41.1 Å². The normalized spacial score (nSPS) is 13.0. The molecule has 1 aliphatic rings. The molecule has 3 heteroatoms. The summed E-state index contributed by atoms with van der Waals surface area (Å²) in [6, 6.07) is 17.1. The number of carbonyl (C=O) groups excluding carboxylic acids is 2. The Morgan fingerprint density at radius 2 is 1.50 bits per heavy atom. The second-order valence-corrected chi connectivity index (χ2v) is 5.23. The van der Waals surface area contributed by atoms with Crippen molar-refractivity contribution in [3.63, 3.8) is 0 Å². The van der Waals surface area contributed by atoms with E-state index in [9.17, 15) is 9.59 Å². The Balaban J connectivity index is 2.01. The molecule has 0 fully saturated rings. The third kappa shape index (κ3) is 1.69. The van der Waals surface area contributed by atoms with Gasteiger partial charge >= 0.3 is 0 Å². The van der Waals surface area contributed by atoms with Crippen LogP contribution >= 0.6 is 0 Å². The largest absolute Gasteiger partial charge is 0.497 e. The monoisotopic (exact) mass is 287 g/mol. The van der Waals surface area contributed by atoms with Gasteiger partial charge in [-0.15, -0.1) is 0 Å². The number of hydrogen-bond donors (Lipinski definition) is 0. The van der Waals surface area contributed by atoms with Crippen molar-refractivity contribution >= 4 is 22.3 Å². The zero-order valence-corrected chi connectivity index (χ0v) is 11.8. The summed E-state index contributed by atoms with van der Waals surface area (Å²) in [5, 5.41) is 1.62. The van der Waals surface area contributed by atoms with E-state index in [2.05, 4.69) is 6.07 Å². The molecular formula is C19H11O3. The first-order valence-electron chi connectivity index (χ1n) is 6.91. The molecule has 4 rings (SSSR count). The molecule has 0 N–H and O–H groups in total. The predicted molar refractivity (Wildman–Crippen MR) is 82.6 cm³/mol. The molecule has 3 aromatic rings. The van der Waals surface area contributed by atoms with E-state index in [1.54, 1.807) is 49.6 Å². The van der Waals surface area contributed by atoms with Crippen LogP contribution in [0.1, 0.15) is 31.8 Å². The van der Waals surface area contributed by atoms with Gasteiger partial charge in [-0.3, -0.25) is 9.59 Å². The Labute approximate surface area is 127 Å². The Bertz CT molecular complexity index is 954. The van der Waals surface area contributed by atoms with Crippen molar-refractivity contribution in [2.75, 3.05) is 7.11 Å². The SMILES string of the molecule is COc1c[c]c2cc3c(cc2c1)C(=O)c1ccccc1C3=O. The maximum atomic E-state index is 12.7. The minimum absolute atomic E-state index is 0.115. The number of fused-ring (bicyclic) bond motifs is 3. The van der Waals surface area contributed by atoms with Crippen LogP contribution in [-0.4, -0.2) is 18.7 Å². The molecule has 105 valence electrons. The minimum Gasteiger partial charge on any atom is -0.497 e. The topological polar surface area (TPSA) is 43.4 Å². The Morgan fingerprint density at radius 1 is 0.864 bits per heavy atom. The molecule has 0 saturated heterocycles. The van der Waals surface area contributed by atoms with Crippen molar-refractivity contribution in [3.8, 4) is 5.75 Å². The summed E-state index contributed by atoms with van der Waals surface area (Å²) in [4.78, 5) is 25.3. The van der Waals surface area contributed by atoms with Gasteiger partial charge in [0.2, 0.25) is 0 Å². The highest BCUT2D eigenvalue weighted by atomic mass is 16.5. The summed E-state index contributed by atoms with van der Waals surface area (Å²) >= 11 is 0. The number of benzene rings is 3. The fourth-order valence-electron chi connectivity index (χ4n) is 2.87. The lowest BCUT2D eigenvalue weighted by Crippen LogP contribution is -2.20. The second-order valence-electron chi connectivity index (χ2n) is 5.23. The third-order valence-corrected chi connectivity index (χ3v) is 4.00. The molecule has 0 saturated carbocycles. The third-order valence-electron chi connectivity index (χ3n) is 4.00. The van der Waals surface area contributed by atoms with E-state index in [4.69, 9.17) is 4.74 Å². The lowest BCUT2D eigenvalue weighted by Gasteiger charge is -2.18. The van der Waals surface area contributed by atoms with Crippen molar-refractivity contribution < 1.29 is 14.3 Å². The van der Waals surface area contributed by atoms with Gasteiger partial charge in [0, 0.05) is 22.3 Å². The van der Waals surface area contributed by atoms with E-state index in [-0.39, 0.29) is 11.6 Å². The van der Waals surface area contributed by atoms with Crippen molar-refractivity contribution in [2.45, 2.75) is 0 Å². The van der Waals surface area contributed by atoms with Crippen LogP contribution in [0.2, 0.25) is 0 Å². The standard InChI is InChI=1S/C19H11O3/c1-22-13-7-6-11-9-16-17(10-12(11)8-13)19(21)15-5-3-2-4-14(15)18(16)20/h2-5,7-10H,1H3. The average molecular weight is 287 g/mol. The van der Waals surface area contributed by atoms with Gasteiger partial charge in [-0.2, -0.15) is 0 Å². The highest BCUT2D eigenvalue weighted by Crippen LogP contribution is 2.31. The quantitative estimate of drug-likeness (QED) is 0.539. The first-order valence-corrected chi connectivity index (χ1v) is 6.91. The predicted octanol–water partition coefficient (Wildman–Crippen LogP) is 3.42. The van der Waals surface area contributed by atoms with Crippen molar-refractivity contribution in [2.24, 2.45) is 0 Å². The van der Waals surface area contributed by atoms with Gasteiger partial charge in [-0.1, -0.05) is 24.3 Å². The van der Waals surface area contributed by atoms with Crippen LogP contribution in [0, 0.1) is 6.07 Å². The van der Waals surface area contributed by atoms with Crippen LogP contribution in [0.15, 0.2) is 48.5 Å². The van der Waals surface area contributed by atoms with E-state index in [1.807, 2.05) is 6.07 Å². The van der Waals surface area contributed by atoms with Crippen LogP contribution in [0.5, 0.6) is 5.75 Å². The molecule has 1 aliphatic carbocycles. The second kappa shape index (κ2) is 4.53. The molecule has 0 unspecified atom stereocenters. The molecule has 1 radical (unpaired) electrons. The Morgan fingerprint density at radius 3 is 2.14 bits per heavy atom. The van der Waals surface area contributed by atoms with Gasteiger partial charge < -0.3 is 4.74 Å². The van der Waals surface area contributed by atoms with E-state index >= 15 is 0 Å². The van der Waals surface area contributed by atoms with Gasteiger partial charge in [-0.25, -0.2) is 0 Å². The number of ether oxygens (including phenoxy) is 1. The molecule has 22 heavy (non-hydrogen) atoms. The molecule has 0 amide bonds. The number of rotatable bonds is 1. The highest BCUT2D eigenvalue weighted by molar-refractivity contribution is 6.29. The van der Waals surface area contributed by atoms with E-state index in [0.717, 1.165) is 10.8 Å². The van der Waals surface area contributed by atoms with E-state index in [1.165, 1.54) is 0 Å². The molecule has 0 bridgehead atoms. The zero-order chi connectivity index (χ0) is 15.3. The fourth-order valence-corrected chi connectivity index (χ4v) is 2.87. The average Bonchev–Trinajstić information content (AvgIpc) is 2.58. The fraction of sp³-hybridized carbons (Fsp3) is 0.0526. The molecule has 0 spiro atoms. The summed E-state index contributed by atoms with van der Waals surface area (Å²) in [6.07, 6.45) is 0. The lowest BCUT2D eigenvalue weighted by atomic mass is 9.83. The molecule has 0 heterocycles. The lowest BCUT2D eigenvalue weighted by molar-refractivity contribution is 0.0979. The van der Waals surface area contributed by atoms with Gasteiger partial charge in [0.05, 0.1) is 7.11 Å². The first-order chi connectivity index (χ1) is 10.7. The number of methoxy groups -OCH3 is 1. The number of ketones is 2. The number of hydrogen-bond acceptors (Lipinski definition) is 3. The van der Waals surface area contributed by atoms with Crippen molar-refractivity contribution in [1.29, 1.82) is 0 Å². The zero-order valence-electron chi connectivity index (χ0n) is 11.8. The molecule has 3 nitrogen and oxygen atoms in total. The van der Waals surface area contributed by atoms with Crippen LogP contribution in [0.3, 0.4) is 0 Å². The highest BCUT2D eigenvalue weighted by Gasteiger charge is 2.29. The smallest absolute Gasteiger partial charge is 0.194 e. The van der Waals surface area contributed by atoms with Crippen LogP contribution in [0.25, 0.3) is 10.8 Å². The molecular weight excluding hydrogens is 276 g/mol. The molecule has 0 aromatic heterocycles. The van der Waals surface area contributed by atoms with Crippen molar-refractivity contribution in [1.82, 2.24) is 0 Å². The summed E-state index contributed by atoms with van der Waals surface area (Å²) in [6.45, 7) is 0. The summed E-state index contributed by atoms with van der Waals surface area (Å²) in [7, 11) is 1.58. The molecule has 3 aromatic carbocycles.